The number of hydrogen-bond acceptors (Lipinski definition) is 2. The van der Waals surface area contributed by atoms with E-state index in [-0.39, 0.29) is 11.7 Å². The molecule has 1 aliphatic rings. The van der Waals surface area contributed by atoms with Crippen LogP contribution >= 0.6 is 0 Å². The molecule has 0 aromatic heterocycles. The highest BCUT2D eigenvalue weighted by molar-refractivity contribution is 5.82. The predicted molar refractivity (Wildman–Crippen MR) is 52.5 cm³/mol. The molecular weight excluding hydrogens is 164 g/mol. The maximum atomic E-state index is 11.7. The van der Waals surface area contributed by atoms with E-state index in [1.54, 1.807) is 13.8 Å². The van der Waals surface area contributed by atoms with Crippen molar-refractivity contribution in [3.63, 3.8) is 0 Å². The fourth-order valence-electron chi connectivity index (χ4n) is 2.08. The van der Waals surface area contributed by atoms with Crippen molar-refractivity contribution >= 4 is 5.78 Å². The summed E-state index contributed by atoms with van der Waals surface area (Å²) >= 11 is 0. The summed E-state index contributed by atoms with van der Waals surface area (Å²) in [7, 11) is 0. The number of carbonyl (C=O) groups excluding carboxylic acids is 1. The van der Waals surface area contributed by atoms with Crippen LogP contribution in [0.25, 0.3) is 0 Å². The summed E-state index contributed by atoms with van der Waals surface area (Å²) in [5.74, 6) is 0.125. The van der Waals surface area contributed by atoms with E-state index in [2.05, 4.69) is 0 Å². The van der Waals surface area contributed by atoms with Gasteiger partial charge in [0.05, 0.1) is 5.60 Å². The summed E-state index contributed by atoms with van der Waals surface area (Å²) in [5, 5.41) is 9.81. The van der Waals surface area contributed by atoms with Crippen molar-refractivity contribution in [1.82, 2.24) is 0 Å². The van der Waals surface area contributed by atoms with E-state index in [0.29, 0.717) is 6.42 Å². The van der Waals surface area contributed by atoms with Crippen molar-refractivity contribution in [3.8, 4) is 0 Å². The minimum Gasteiger partial charge on any atom is -0.390 e. The van der Waals surface area contributed by atoms with Gasteiger partial charge in [-0.2, -0.15) is 0 Å². The summed E-state index contributed by atoms with van der Waals surface area (Å²) in [4.78, 5) is 11.7. The van der Waals surface area contributed by atoms with Crippen molar-refractivity contribution < 1.29 is 9.90 Å². The lowest BCUT2D eigenvalue weighted by Gasteiger charge is -2.29. The van der Waals surface area contributed by atoms with Crippen LogP contribution in [-0.2, 0) is 4.79 Å². The average Bonchev–Trinajstić information content (AvgIpc) is 1.94. The highest BCUT2D eigenvalue weighted by Crippen LogP contribution is 2.28. The molecule has 1 atom stereocenters. The molecule has 0 aliphatic heterocycles. The second-order valence-electron chi connectivity index (χ2n) is 4.63. The van der Waals surface area contributed by atoms with Gasteiger partial charge in [-0.05, 0) is 26.7 Å². The van der Waals surface area contributed by atoms with Crippen molar-refractivity contribution in [1.29, 1.82) is 0 Å². The Balaban J connectivity index is 2.62. The Morgan fingerprint density at radius 2 is 1.85 bits per heavy atom. The van der Waals surface area contributed by atoms with Crippen LogP contribution in [0.2, 0.25) is 0 Å². The zero-order valence-electron chi connectivity index (χ0n) is 8.68. The minimum absolute atomic E-state index is 0.132. The monoisotopic (exact) mass is 184 g/mol. The number of aliphatic hydroxyl groups is 1. The largest absolute Gasteiger partial charge is 0.390 e. The molecule has 1 aliphatic carbocycles. The first-order valence-corrected chi connectivity index (χ1v) is 5.27. The molecule has 0 radical (unpaired) electrons. The first-order chi connectivity index (χ1) is 6.02. The Morgan fingerprint density at radius 1 is 1.23 bits per heavy atom. The Bertz CT molecular complexity index is 179. The molecule has 1 rings (SSSR count). The predicted octanol–water partition coefficient (Wildman–Crippen LogP) is 2.30. The topological polar surface area (TPSA) is 37.3 Å². The van der Waals surface area contributed by atoms with Gasteiger partial charge in [-0.25, -0.2) is 0 Å². The van der Waals surface area contributed by atoms with E-state index < -0.39 is 5.60 Å². The van der Waals surface area contributed by atoms with Crippen LogP contribution in [0.1, 0.15) is 52.4 Å². The van der Waals surface area contributed by atoms with Crippen LogP contribution in [0, 0.1) is 5.92 Å². The summed E-state index contributed by atoms with van der Waals surface area (Å²) in [6, 6.07) is 0. The maximum Gasteiger partial charge on any atom is 0.138 e. The minimum atomic E-state index is -0.825. The second-order valence-corrected chi connectivity index (χ2v) is 4.63. The number of hydrogen-bond donors (Lipinski definition) is 1. The molecule has 0 aromatic carbocycles. The van der Waals surface area contributed by atoms with Crippen LogP contribution in [0.4, 0.5) is 0 Å². The fourth-order valence-corrected chi connectivity index (χ4v) is 2.08. The molecule has 2 heteroatoms. The van der Waals surface area contributed by atoms with Crippen molar-refractivity contribution in [2.75, 3.05) is 0 Å². The lowest BCUT2D eigenvalue weighted by atomic mass is 9.80. The average molecular weight is 184 g/mol. The molecule has 2 nitrogen and oxygen atoms in total. The Kier molecular flexibility index (Phi) is 3.48. The second kappa shape index (κ2) is 4.23. The Hall–Kier alpha value is -0.370. The molecule has 0 amide bonds. The normalized spacial score (nSPS) is 26.7. The van der Waals surface area contributed by atoms with Gasteiger partial charge in [0.15, 0.2) is 0 Å². The summed E-state index contributed by atoms with van der Waals surface area (Å²) in [5.41, 5.74) is -0.825. The molecule has 1 fully saturated rings. The Labute approximate surface area is 80.3 Å². The first kappa shape index (κ1) is 10.7. The number of carbonyl (C=O) groups is 1. The van der Waals surface area contributed by atoms with Crippen LogP contribution in [0.3, 0.4) is 0 Å². The number of Topliss-reactive ketones (excluding diaryl/α,β-unsaturated/α-hetero) is 1. The maximum absolute atomic E-state index is 11.7. The molecule has 0 spiro atoms. The molecule has 0 bridgehead atoms. The van der Waals surface area contributed by atoms with Crippen molar-refractivity contribution in [2.45, 2.75) is 58.0 Å². The summed E-state index contributed by atoms with van der Waals surface area (Å²) < 4.78 is 0. The summed E-state index contributed by atoms with van der Waals surface area (Å²) in [6.45, 7) is 3.49. The third-order valence-electron chi connectivity index (χ3n) is 2.91. The summed E-state index contributed by atoms with van der Waals surface area (Å²) in [6.07, 6.45) is 5.99. The molecular formula is C11H20O2. The molecule has 0 heterocycles. The molecule has 1 saturated carbocycles. The highest BCUT2D eigenvalue weighted by Gasteiger charge is 2.32. The first-order valence-electron chi connectivity index (χ1n) is 5.27. The van der Waals surface area contributed by atoms with E-state index in [1.165, 1.54) is 12.8 Å². The van der Waals surface area contributed by atoms with E-state index in [9.17, 15) is 9.90 Å². The standard InChI is InChI=1S/C11H20O2/c1-11(2,13)9-7-5-3-4-6-8-10(9)12/h9,13H,3-8H2,1-2H3. The molecule has 1 unspecified atom stereocenters. The van der Waals surface area contributed by atoms with Crippen LogP contribution in [0.15, 0.2) is 0 Å². The Morgan fingerprint density at radius 3 is 2.46 bits per heavy atom. The quantitative estimate of drug-likeness (QED) is 0.679. The van der Waals surface area contributed by atoms with Gasteiger partial charge in [-0.15, -0.1) is 0 Å². The van der Waals surface area contributed by atoms with E-state index in [1.807, 2.05) is 0 Å². The molecule has 76 valence electrons. The zero-order valence-corrected chi connectivity index (χ0v) is 8.68. The van der Waals surface area contributed by atoms with Gasteiger partial charge >= 0.3 is 0 Å². The van der Waals surface area contributed by atoms with Gasteiger partial charge < -0.3 is 5.11 Å². The van der Waals surface area contributed by atoms with Gasteiger partial charge in [0.1, 0.15) is 5.78 Å². The van der Waals surface area contributed by atoms with Crippen LogP contribution < -0.4 is 0 Å². The molecule has 13 heavy (non-hydrogen) atoms. The van der Waals surface area contributed by atoms with E-state index >= 15 is 0 Å². The fraction of sp³-hybridized carbons (Fsp3) is 0.909. The van der Waals surface area contributed by atoms with Crippen molar-refractivity contribution in [3.05, 3.63) is 0 Å². The lowest BCUT2D eigenvalue weighted by Crippen LogP contribution is -2.37. The third kappa shape index (κ3) is 3.11. The van der Waals surface area contributed by atoms with Gasteiger partial charge in [0, 0.05) is 12.3 Å². The van der Waals surface area contributed by atoms with Gasteiger partial charge in [0.2, 0.25) is 0 Å². The number of ketones is 1. The van der Waals surface area contributed by atoms with Gasteiger partial charge in [-0.1, -0.05) is 19.3 Å². The zero-order chi connectivity index (χ0) is 9.90. The highest BCUT2D eigenvalue weighted by atomic mass is 16.3. The molecule has 0 aromatic rings. The van der Waals surface area contributed by atoms with Gasteiger partial charge in [-0.3, -0.25) is 4.79 Å². The van der Waals surface area contributed by atoms with Gasteiger partial charge in [0.25, 0.3) is 0 Å². The van der Waals surface area contributed by atoms with Crippen LogP contribution in [-0.4, -0.2) is 16.5 Å². The number of rotatable bonds is 1. The van der Waals surface area contributed by atoms with E-state index in [0.717, 1.165) is 19.3 Å². The third-order valence-corrected chi connectivity index (χ3v) is 2.91. The van der Waals surface area contributed by atoms with E-state index in [4.69, 9.17) is 0 Å². The SMILES string of the molecule is CC(C)(O)C1CCCCCCC1=O. The van der Waals surface area contributed by atoms with Crippen molar-refractivity contribution in [2.24, 2.45) is 5.92 Å². The molecule has 1 N–H and O–H groups in total. The smallest absolute Gasteiger partial charge is 0.138 e. The van der Waals surface area contributed by atoms with Crippen LogP contribution in [0.5, 0.6) is 0 Å². The molecule has 0 saturated heterocycles. The lowest BCUT2D eigenvalue weighted by molar-refractivity contribution is -0.131.